The zero-order valence-electron chi connectivity index (χ0n) is 14.9. The SMILES string of the molecule is Cc1cc(C)c(N2CC[C@H](NC(=O)Cc3nnc(C)o3)C2=O)c(C)c1. The molecule has 0 aliphatic carbocycles. The van der Waals surface area contributed by atoms with Crippen LogP contribution in [0.1, 0.15) is 34.9 Å². The quantitative estimate of drug-likeness (QED) is 0.915. The van der Waals surface area contributed by atoms with Gasteiger partial charge in [0.05, 0.1) is 0 Å². The molecule has 1 saturated heterocycles. The monoisotopic (exact) mass is 342 g/mol. The third-order valence-electron chi connectivity index (χ3n) is 4.33. The van der Waals surface area contributed by atoms with Gasteiger partial charge in [0.2, 0.25) is 23.6 Å². The zero-order valence-corrected chi connectivity index (χ0v) is 14.9. The summed E-state index contributed by atoms with van der Waals surface area (Å²) in [5.74, 6) is 0.296. The molecule has 1 aromatic heterocycles. The molecule has 25 heavy (non-hydrogen) atoms. The van der Waals surface area contributed by atoms with Crippen molar-refractivity contribution in [1.29, 1.82) is 0 Å². The molecule has 0 saturated carbocycles. The number of nitrogens with one attached hydrogen (secondary N) is 1. The number of rotatable bonds is 4. The van der Waals surface area contributed by atoms with E-state index in [1.807, 2.05) is 20.8 Å². The van der Waals surface area contributed by atoms with Gasteiger partial charge in [-0.2, -0.15) is 0 Å². The zero-order chi connectivity index (χ0) is 18.1. The molecule has 2 amide bonds. The molecular formula is C18H22N4O3. The van der Waals surface area contributed by atoms with Crippen LogP contribution in [-0.2, 0) is 16.0 Å². The van der Waals surface area contributed by atoms with Gasteiger partial charge in [0, 0.05) is 19.2 Å². The Hall–Kier alpha value is -2.70. The number of carbonyl (C=O) groups is 2. The smallest absolute Gasteiger partial charge is 0.249 e. The molecule has 1 fully saturated rings. The number of benzene rings is 1. The first-order valence-electron chi connectivity index (χ1n) is 8.32. The lowest BCUT2D eigenvalue weighted by Gasteiger charge is -2.22. The van der Waals surface area contributed by atoms with E-state index in [0.29, 0.717) is 18.9 Å². The molecule has 2 aromatic rings. The Morgan fingerprint density at radius 3 is 2.52 bits per heavy atom. The van der Waals surface area contributed by atoms with E-state index >= 15 is 0 Å². The third-order valence-corrected chi connectivity index (χ3v) is 4.33. The Balaban J connectivity index is 1.69. The fraction of sp³-hybridized carbons (Fsp3) is 0.444. The molecule has 132 valence electrons. The molecule has 2 heterocycles. The van der Waals surface area contributed by atoms with Crippen molar-refractivity contribution in [2.45, 2.75) is 46.6 Å². The molecule has 7 heteroatoms. The summed E-state index contributed by atoms with van der Waals surface area (Å²) in [6, 6.07) is 3.62. The van der Waals surface area contributed by atoms with Gasteiger partial charge in [-0.1, -0.05) is 17.7 Å². The summed E-state index contributed by atoms with van der Waals surface area (Å²) in [6.45, 7) is 8.31. The lowest BCUT2D eigenvalue weighted by atomic mass is 10.0. The number of anilines is 1. The van der Waals surface area contributed by atoms with Crippen LogP contribution in [-0.4, -0.2) is 34.6 Å². The molecule has 1 aromatic carbocycles. The molecule has 0 unspecified atom stereocenters. The Bertz CT molecular complexity index is 804. The van der Waals surface area contributed by atoms with Crippen molar-refractivity contribution in [3.05, 3.63) is 40.6 Å². The topological polar surface area (TPSA) is 88.3 Å². The van der Waals surface area contributed by atoms with Crippen LogP contribution < -0.4 is 10.2 Å². The van der Waals surface area contributed by atoms with Gasteiger partial charge in [-0.05, 0) is 38.3 Å². The molecule has 0 spiro atoms. The normalized spacial score (nSPS) is 17.2. The van der Waals surface area contributed by atoms with E-state index in [1.54, 1.807) is 11.8 Å². The van der Waals surface area contributed by atoms with E-state index in [1.165, 1.54) is 5.56 Å². The predicted molar refractivity (Wildman–Crippen MR) is 92.3 cm³/mol. The highest BCUT2D eigenvalue weighted by atomic mass is 16.4. The van der Waals surface area contributed by atoms with Gasteiger partial charge in [-0.3, -0.25) is 9.59 Å². The predicted octanol–water partition coefficient (Wildman–Crippen LogP) is 1.77. The number of hydrogen-bond donors (Lipinski definition) is 1. The maximum atomic E-state index is 12.7. The van der Waals surface area contributed by atoms with Crippen LogP contribution in [0.2, 0.25) is 0 Å². The van der Waals surface area contributed by atoms with Crippen LogP contribution in [0.4, 0.5) is 5.69 Å². The van der Waals surface area contributed by atoms with E-state index < -0.39 is 6.04 Å². The summed E-state index contributed by atoms with van der Waals surface area (Å²) in [7, 11) is 0. The second kappa shape index (κ2) is 6.66. The lowest BCUT2D eigenvalue weighted by molar-refractivity contribution is -0.126. The second-order valence-electron chi connectivity index (χ2n) is 6.54. The molecule has 1 aliphatic heterocycles. The Morgan fingerprint density at radius 2 is 1.92 bits per heavy atom. The molecule has 0 radical (unpaired) electrons. The van der Waals surface area contributed by atoms with Crippen LogP contribution in [0.15, 0.2) is 16.5 Å². The van der Waals surface area contributed by atoms with Gasteiger partial charge >= 0.3 is 0 Å². The highest BCUT2D eigenvalue weighted by molar-refractivity contribution is 6.02. The van der Waals surface area contributed by atoms with Gasteiger partial charge < -0.3 is 14.6 Å². The average molecular weight is 342 g/mol. The molecule has 1 aliphatic rings. The van der Waals surface area contributed by atoms with Gasteiger partial charge in [-0.25, -0.2) is 0 Å². The minimum Gasteiger partial charge on any atom is -0.425 e. The molecule has 1 N–H and O–H groups in total. The van der Waals surface area contributed by atoms with Crippen LogP contribution in [0.25, 0.3) is 0 Å². The van der Waals surface area contributed by atoms with Gasteiger partial charge in [0.1, 0.15) is 12.5 Å². The number of hydrogen-bond acceptors (Lipinski definition) is 5. The van der Waals surface area contributed by atoms with E-state index in [2.05, 4.69) is 27.6 Å². The van der Waals surface area contributed by atoms with E-state index in [9.17, 15) is 9.59 Å². The third kappa shape index (κ3) is 3.55. The Morgan fingerprint density at radius 1 is 1.24 bits per heavy atom. The van der Waals surface area contributed by atoms with Crippen LogP contribution in [0.3, 0.4) is 0 Å². The number of aromatic nitrogens is 2. The van der Waals surface area contributed by atoms with Crippen molar-refractivity contribution in [1.82, 2.24) is 15.5 Å². The standard InChI is InChI=1S/C18H22N4O3/c1-10-7-11(2)17(12(3)8-10)22-6-5-14(18(22)24)19-15(23)9-16-21-20-13(4)25-16/h7-8,14H,5-6,9H2,1-4H3,(H,19,23)/t14-/m0/s1. The summed E-state index contributed by atoms with van der Waals surface area (Å²) >= 11 is 0. The van der Waals surface area contributed by atoms with E-state index in [0.717, 1.165) is 16.8 Å². The molecule has 3 rings (SSSR count). The fourth-order valence-electron chi connectivity index (χ4n) is 3.43. The minimum atomic E-state index is -0.517. The van der Waals surface area contributed by atoms with Gasteiger partial charge in [-0.15, -0.1) is 10.2 Å². The Kier molecular flexibility index (Phi) is 4.57. The van der Waals surface area contributed by atoms with Gasteiger partial charge in [0.15, 0.2) is 0 Å². The maximum absolute atomic E-state index is 12.7. The van der Waals surface area contributed by atoms with Crippen LogP contribution in [0, 0.1) is 27.7 Å². The summed E-state index contributed by atoms with van der Waals surface area (Å²) in [5, 5.41) is 10.3. The first-order chi connectivity index (χ1) is 11.8. The van der Waals surface area contributed by atoms with Crippen molar-refractivity contribution in [3.63, 3.8) is 0 Å². The number of carbonyl (C=O) groups excluding carboxylic acids is 2. The maximum Gasteiger partial charge on any atom is 0.249 e. The van der Waals surface area contributed by atoms with Crippen molar-refractivity contribution >= 4 is 17.5 Å². The lowest BCUT2D eigenvalue weighted by Crippen LogP contribution is -2.42. The number of amides is 2. The van der Waals surface area contributed by atoms with Crippen LogP contribution in [0.5, 0.6) is 0 Å². The Labute approximate surface area is 146 Å². The van der Waals surface area contributed by atoms with Crippen molar-refractivity contribution < 1.29 is 14.0 Å². The van der Waals surface area contributed by atoms with Crippen molar-refractivity contribution in [3.8, 4) is 0 Å². The molecule has 7 nitrogen and oxygen atoms in total. The van der Waals surface area contributed by atoms with Crippen molar-refractivity contribution in [2.75, 3.05) is 11.4 Å². The fourth-order valence-corrected chi connectivity index (χ4v) is 3.43. The van der Waals surface area contributed by atoms with Crippen molar-refractivity contribution in [2.24, 2.45) is 0 Å². The number of aryl methyl sites for hydroxylation is 4. The minimum absolute atomic E-state index is 0.0206. The molecule has 0 bridgehead atoms. The summed E-state index contributed by atoms with van der Waals surface area (Å²) in [5.41, 5.74) is 4.25. The number of nitrogens with zero attached hydrogens (tertiary/aromatic N) is 3. The van der Waals surface area contributed by atoms with E-state index in [-0.39, 0.29) is 24.1 Å². The average Bonchev–Trinajstić information content (AvgIpc) is 3.06. The van der Waals surface area contributed by atoms with Gasteiger partial charge in [0.25, 0.3) is 0 Å². The van der Waals surface area contributed by atoms with Crippen LogP contribution >= 0.6 is 0 Å². The summed E-state index contributed by atoms with van der Waals surface area (Å²) in [6.07, 6.45) is 0.563. The highest BCUT2D eigenvalue weighted by Crippen LogP contribution is 2.30. The molecular weight excluding hydrogens is 320 g/mol. The molecule has 1 atom stereocenters. The highest BCUT2D eigenvalue weighted by Gasteiger charge is 2.35. The summed E-state index contributed by atoms with van der Waals surface area (Å²) < 4.78 is 5.20. The second-order valence-corrected chi connectivity index (χ2v) is 6.54. The summed E-state index contributed by atoms with van der Waals surface area (Å²) in [4.78, 5) is 26.7. The largest absolute Gasteiger partial charge is 0.425 e. The first kappa shape index (κ1) is 17.1. The van der Waals surface area contributed by atoms with E-state index in [4.69, 9.17) is 4.42 Å². The first-order valence-corrected chi connectivity index (χ1v) is 8.32.